The molecule has 1 heterocycles. The number of aromatic nitrogens is 3. The Balaban J connectivity index is 2.24. The number of hydrogen-bond donors (Lipinski definition) is 1. The maximum absolute atomic E-state index is 13.9. The van der Waals surface area contributed by atoms with Gasteiger partial charge in [0.05, 0.1) is 5.56 Å². The van der Waals surface area contributed by atoms with Crippen molar-refractivity contribution in [2.45, 2.75) is 18.9 Å². The van der Waals surface area contributed by atoms with E-state index in [1.165, 1.54) is 12.1 Å². The molecule has 0 aliphatic heterocycles. The summed E-state index contributed by atoms with van der Waals surface area (Å²) in [5, 5.41) is 6.55. The summed E-state index contributed by atoms with van der Waals surface area (Å²) in [6, 6.07) is 2.63. The number of hydrogen-bond acceptors (Lipinski definition) is 2. The summed E-state index contributed by atoms with van der Waals surface area (Å²) in [6.07, 6.45) is 1.92. The van der Waals surface area contributed by atoms with Gasteiger partial charge in [0.1, 0.15) is 11.6 Å². The van der Waals surface area contributed by atoms with Crippen molar-refractivity contribution in [3.8, 4) is 11.4 Å². The van der Waals surface area contributed by atoms with E-state index in [0.29, 0.717) is 9.24 Å². The van der Waals surface area contributed by atoms with Crippen LogP contribution in [0, 0.1) is 16.4 Å². The Hall–Kier alpha value is -1.08. The molecule has 1 aromatic heterocycles. The average molecular weight is 332 g/mol. The summed E-state index contributed by atoms with van der Waals surface area (Å²) in [5.41, 5.74) is -0.141. The second-order valence-corrected chi connectivity index (χ2v) is 5.50. The molecule has 1 saturated carbocycles. The number of aromatic amines is 1. The van der Waals surface area contributed by atoms with E-state index in [1.807, 2.05) is 0 Å². The van der Waals surface area contributed by atoms with Crippen LogP contribution in [0.3, 0.4) is 0 Å². The zero-order valence-electron chi connectivity index (χ0n) is 9.08. The normalized spacial score (nSPS) is 15.1. The van der Waals surface area contributed by atoms with E-state index in [0.717, 1.165) is 12.8 Å². The highest BCUT2D eigenvalue weighted by Crippen LogP contribution is 2.39. The van der Waals surface area contributed by atoms with Gasteiger partial charge >= 0.3 is 0 Å². The van der Waals surface area contributed by atoms with Crippen LogP contribution >= 0.6 is 28.1 Å². The number of benzene rings is 1. The summed E-state index contributed by atoms with van der Waals surface area (Å²) < 4.78 is 30.2. The third-order valence-electron chi connectivity index (χ3n) is 2.85. The van der Waals surface area contributed by atoms with E-state index in [-0.39, 0.29) is 17.4 Å². The average Bonchev–Trinajstić information content (AvgIpc) is 3.03. The number of nitrogens with zero attached hydrogens (tertiary/aromatic N) is 2. The van der Waals surface area contributed by atoms with Crippen LogP contribution in [0.25, 0.3) is 11.4 Å². The van der Waals surface area contributed by atoms with E-state index < -0.39 is 11.6 Å². The summed E-state index contributed by atoms with van der Waals surface area (Å²) in [5.74, 6) is -1.08. The first-order valence-corrected chi connectivity index (χ1v) is 6.60. The van der Waals surface area contributed by atoms with E-state index in [1.54, 1.807) is 4.57 Å². The molecule has 2 aromatic rings. The van der Waals surface area contributed by atoms with E-state index in [9.17, 15) is 8.78 Å². The molecule has 0 atom stereocenters. The van der Waals surface area contributed by atoms with Crippen molar-refractivity contribution < 1.29 is 8.78 Å². The smallest absolute Gasteiger partial charge is 0.195 e. The van der Waals surface area contributed by atoms with Gasteiger partial charge in [-0.25, -0.2) is 8.78 Å². The lowest BCUT2D eigenvalue weighted by molar-refractivity contribution is 0.582. The van der Waals surface area contributed by atoms with Crippen LogP contribution < -0.4 is 0 Å². The van der Waals surface area contributed by atoms with Crippen molar-refractivity contribution in [1.29, 1.82) is 0 Å². The number of H-pyrrole nitrogens is 1. The van der Waals surface area contributed by atoms with Gasteiger partial charge in [0, 0.05) is 10.5 Å². The molecular weight excluding hydrogens is 324 g/mol. The number of halogens is 3. The van der Waals surface area contributed by atoms with Gasteiger partial charge in [0.25, 0.3) is 0 Å². The molecule has 1 N–H and O–H groups in total. The lowest BCUT2D eigenvalue weighted by Gasteiger charge is -2.07. The maximum Gasteiger partial charge on any atom is 0.195 e. The third-order valence-corrected chi connectivity index (χ3v) is 3.59. The molecule has 0 unspecified atom stereocenters. The van der Waals surface area contributed by atoms with Crippen LogP contribution in [0.5, 0.6) is 0 Å². The van der Waals surface area contributed by atoms with Gasteiger partial charge < -0.3 is 0 Å². The van der Waals surface area contributed by atoms with Crippen molar-refractivity contribution in [1.82, 2.24) is 14.8 Å². The molecule has 3 nitrogen and oxygen atoms in total. The SMILES string of the molecule is Fc1cc(Br)cc(F)c1-c1n[nH]c(=S)n1C1CC1. The summed E-state index contributed by atoms with van der Waals surface area (Å²) >= 11 is 8.14. The van der Waals surface area contributed by atoms with Gasteiger partial charge in [0.2, 0.25) is 0 Å². The molecule has 94 valence electrons. The highest BCUT2D eigenvalue weighted by molar-refractivity contribution is 9.10. The summed E-state index contributed by atoms with van der Waals surface area (Å²) in [4.78, 5) is 0. The Morgan fingerprint density at radius 1 is 1.33 bits per heavy atom. The quantitative estimate of drug-likeness (QED) is 0.844. The monoisotopic (exact) mass is 331 g/mol. The molecule has 1 aliphatic carbocycles. The van der Waals surface area contributed by atoms with Crippen LogP contribution in [0.2, 0.25) is 0 Å². The van der Waals surface area contributed by atoms with Crippen LogP contribution in [0.1, 0.15) is 18.9 Å². The predicted octanol–water partition coefficient (Wildman–Crippen LogP) is 3.98. The molecule has 7 heteroatoms. The standard InChI is InChI=1S/C11H8BrF2N3S/c12-5-3-7(13)9(8(14)4-5)10-15-16-11(18)17(10)6-1-2-6/h3-4,6H,1-2H2,(H,16,18). The van der Waals surface area contributed by atoms with Gasteiger partial charge in [0.15, 0.2) is 10.6 Å². The van der Waals surface area contributed by atoms with Crippen molar-refractivity contribution in [2.24, 2.45) is 0 Å². The Morgan fingerprint density at radius 3 is 2.50 bits per heavy atom. The molecule has 18 heavy (non-hydrogen) atoms. The number of nitrogens with one attached hydrogen (secondary N) is 1. The molecule has 0 amide bonds. The van der Waals surface area contributed by atoms with E-state index in [4.69, 9.17) is 12.2 Å². The Morgan fingerprint density at radius 2 is 1.94 bits per heavy atom. The lowest BCUT2D eigenvalue weighted by Crippen LogP contribution is -2.01. The van der Waals surface area contributed by atoms with Gasteiger partial charge in [-0.3, -0.25) is 9.67 Å². The summed E-state index contributed by atoms with van der Waals surface area (Å²) in [6.45, 7) is 0. The predicted molar refractivity (Wildman–Crippen MR) is 68.7 cm³/mol. The minimum absolute atomic E-state index is 0.141. The zero-order valence-corrected chi connectivity index (χ0v) is 11.5. The Bertz CT molecular complexity index is 652. The van der Waals surface area contributed by atoms with Crippen molar-refractivity contribution in [2.75, 3.05) is 0 Å². The number of rotatable bonds is 2. The van der Waals surface area contributed by atoms with Gasteiger partial charge in [-0.1, -0.05) is 15.9 Å². The topological polar surface area (TPSA) is 33.6 Å². The molecule has 0 bridgehead atoms. The fraction of sp³-hybridized carbons (Fsp3) is 0.273. The van der Waals surface area contributed by atoms with Gasteiger partial charge in [-0.05, 0) is 37.2 Å². The lowest BCUT2D eigenvalue weighted by atomic mass is 10.2. The van der Waals surface area contributed by atoms with Crippen LogP contribution in [0.15, 0.2) is 16.6 Å². The molecule has 1 aromatic carbocycles. The van der Waals surface area contributed by atoms with Crippen LogP contribution in [0.4, 0.5) is 8.78 Å². The molecule has 0 spiro atoms. The first-order chi connectivity index (χ1) is 8.58. The fourth-order valence-electron chi connectivity index (χ4n) is 1.91. The van der Waals surface area contributed by atoms with Crippen molar-refractivity contribution in [3.05, 3.63) is 33.0 Å². The summed E-state index contributed by atoms with van der Waals surface area (Å²) in [7, 11) is 0. The largest absolute Gasteiger partial charge is 0.297 e. The van der Waals surface area contributed by atoms with Crippen molar-refractivity contribution >= 4 is 28.1 Å². The Labute approximate surface area is 115 Å². The fourth-order valence-corrected chi connectivity index (χ4v) is 2.59. The third kappa shape index (κ3) is 1.91. The van der Waals surface area contributed by atoms with Crippen molar-refractivity contribution in [3.63, 3.8) is 0 Å². The van der Waals surface area contributed by atoms with Crippen LogP contribution in [-0.4, -0.2) is 14.8 Å². The second-order valence-electron chi connectivity index (χ2n) is 4.20. The van der Waals surface area contributed by atoms with Gasteiger partial charge in [-0.15, -0.1) is 0 Å². The van der Waals surface area contributed by atoms with Crippen LogP contribution in [-0.2, 0) is 0 Å². The molecule has 3 rings (SSSR count). The van der Waals surface area contributed by atoms with E-state index >= 15 is 0 Å². The second kappa shape index (κ2) is 4.24. The molecule has 1 fully saturated rings. The molecule has 0 saturated heterocycles. The molecule has 0 radical (unpaired) electrons. The first kappa shape index (κ1) is 12.0. The molecular formula is C11H8BrF2N3S. The highest BCUT2D eigenvalue weighted by Gasteiger charge is 2.29. The zero-order chi connectivity index (χ0) is 12.9. The molecule has 1 aliphatic rings. The Kier molecular flexibility index (Phi) is 2.82. The van der Waals surface area contributed by atoms with E-state index in [2.05, 4.69) is 26.1 Å². The minimum Gasteiger partial charge on any atom is -0.297 e. The maximum atomic E-state index is 13.9. The van der Waals surface area contributed by atoms with Gasteiger partial charge in [-0.2, -0.15) is 5.10 Å². The minimum atomic E-state index is -0.655. The highest BCUT2D eigenvalue weighted by atomic mass is 79.9. The first-order valence-electron chi connectivity index (χ1n) is 5.39.